The molecule has 1 N–H and O–H groups in total. The fourth-order valence-electron chi connectivity index (χ4n) is 2.81. The molecule has 1 rings (SSSR count). The van der Waals surface area contributed by atoms with Crippen LogP contribution in [-0.4, -0.2) is 17.7 Å². The molecule has 0 heterocycles. The molecule has 3 nitrogen and oxygen atoms in total. The van der Waals surface area contributed by atoms with Crippen molar-refractivity contribution in [3.8, 4) is 5.75 Å². The Hall–Kier alpha value is -1.06. The zero-order valence-corrected chi connectivity index (χ0v) is 18.2. The van der Waals surface area contributed by atoms with Crippen LogP contribution in [0.5, 0.6) is 5.75 Å². The quantitative estimate of drug-likeness (QED) is 0.369. The number of aliphatic hydroxyl groups is 1. The van der Waals surface area contributed by atoms with Crippen LogP contribution >= 0.6 is 0 Å². The molecule has 0 saturated heterocycles. The maximum Gasteiger partial charge on any atom is 0.321 e. The van der Waals surface area contributed by atoms with Crippen molar-refractivity contribution in [3.05, 3.63) is 29.3 Å². The molecule has 0 aliphatic heterocycles. The van der Waals surface area contributed by atoms with Crippen molar-refractivity contribution >= 4 is 0 Å². The molecule has 1 atom stereocenters. The van der Waals surface area contributed by atoms with Gasteiger partial charge in [-0.15, -0.1) is 0 Å². The molecule has 0 radical (unpaired) electrons. The van der Waals surface area contributed by atoms with Crippen LogP contribution in [0.2, 0.25) is 0 Å². The van der Waals surface area contributed by atoms with E-state index in [4.69, 9.17) is 9.47 Å². The topological polar surface area (TPSA) is 38.7 Å². The van der Waals surface area contributed by atoms with Gasteiger partial charge in [0.05, 0.1) is 6.61 Å². The Morgan fingerprint density at radius 3 is 2.04 bits per heavy atom. The SMILES string of the molecule is CCCCCOC(C)(O)Oc1ccc(C(C)(C)CC)cc1C(C)(C)CC. The van der Waals surface area contributed by atoms with E-state index in [-0.39, 0.29) is 10.8 Å². The van der Waals surface area contributed by atoms with Crippen molar-refractivity contribution < 1.29 is 14.6 Å². The predicted molar refractivity (Wildman–Crippen MR) is 110 cm³/mol. The number of benzene rings is 1. The standard InChI is InChI=1S/C23H40O3/c1-9-12-13-16-25-23(8,24)26-20-15-14-18(21(4,5)10-2)17-19(20)22(6,7)11-3/h14-15,17,24H,9-13,16H2,1-8H3. The zero-order chi connectivity index (χ0) is 20.0. The molecule has 1 aromatic carbocycles. The highest BCUT2D eigenvalue weighted by atomic mass is 16.8. The Balaban J connectivity index is 3.13. The summed E-state index contributed by atoms with van der Waals surface area (Å²) in [5, 5.41) is 10.6. The molecule has 0 spiro atoms. The first-order valence-corrected chi connectivity index (χ1v) is 10.2. The van der Waals surface area contributed by atoms with Gasteiger partial charge < -0.3 is 14.6 Å². The third kappa shape index (κ3) is 6.28. The first kappa shape index (κ1) is 23.0. The summed E-state index contributed by atoms with van der Waals surface area (Å²) in [7, 11) is 0. The fourth-order valence-corrected chi connectivity index (χ4v) is 2.81. The van der Waals surface area contributed by atoms with E-state index in [0.717, 1.165) is 37.7 Å². The fraction of sp³-hybridized carbons (Fsp3) is 0.739. The lowest BCUT2D eigenvalue weighted by Crippen LogP contribution is -2.36. The number of ether oxygens (including phenoxy) is 2. The molecule has 0 amide bonds. The van der Waals surface area contributed by atoms with Gasteiger partial charge in [0.2, 0.25) is 0 Å². The van der Waals surface area contributed by atoms with Crippen molar-refractivity contribution in [2.45, 2.75) is 104 Å². The van der Waals surface area contributed by atoms with Crippen molar-refractivity contribution in [2.24, 2.45) is 0 Å². The average Bonchev–Trinajstić information content (AvgIpc) is 2.58. The maximum atomic E-state index is 10.6. The molecule has 1 aromatic rings. The van der Waals surface area contributed by atoms with Gasteiger partial charge in [0.15, 0.2) is 0 Å². The van der Waals surface area contributed by atoms with Crippen LogP contribution in [0, 0.1) is 0 Å². The monoisotopic (exact) mass is 364 g/mol. The third-order valence-corrected chi connectivity index (χ3v) is 5.68. The summed E-state index contributed by atoms with van der Waals surface area (Å²) in [4.78, 5) is 0. The van der Waals surface area contributed by atoms with E-state index in [1.165, 1.54) is 5.56 Å². The van der Waals surface area contributed by atoms with Crippen molar-refractivity contribution in [2.75, 3.05) is 6.61 Å². The summed E-state index contributed by atoms with van der Waals surface area (Å²) in [5.41, 5.74) is 2.48. The Bertz CT molecular complexity index is 559. The molecule has 0 aliphatic rings. The Kier molecular flexibility index (Phi) is 8.16. The smallest absolute Gasteiger partial charge is 0.321 e. The van der Waals surface area contributed by atoms with Crippen LogP contribution in [0.1, 0.15) is 98.6 Å². The molecular weight excluding hydrogens is 324 g/mol. The minimum atomic E-state index is -1.62. The third-order valence-electron chi connectivity index (χ3n) is 5.68. The molecular formula is C23H40O3. The molecule has 26 heavy (non-hydrogen) atoms. The Morgan fingerprint density at radius 2 is 1.50 bits per heavy atom. The van der Waals surface area contributed by atoms with Gasteiger partial charge in [0, 0.05) is 12.5 Å². The van der Waals surface area contributed by atoms with Crippen LogP contribution < -0.4 is 4.74 Å². The van der Waals surface area contributed by atoms with Crippen molar-refractivity contribution in [3.63, 3.8) is 0 Å². The van der Waals surface area contributed by atoms with E-state index in [1.54, 1.807) is 6.92 Å². The number of unbranched alkanes of at least 4 members (excludes halogenated alkanes) is 2. The minimum Gasteiger partial charge on any atom is -0.439 e. The Labute approximate surface area is 161 Å². The Morgan fingerprint density at radius 1 is 0.885 bits per heavy atom. The van der Waals surface area contributed by atoms with Crippen LogP contribution in [-0.2, 0) is 15.6 Å². The van der Waals surface area contributed by atoms with Gasteiger partial charge >= 0.3 is 5.97 Å². The lowest BCUT2D eigenvalue weighted by atomic mass is 9.76. The maximum absolute atomic E-state index is 10.6. The summed E-state index contributed by atoms with van der Waals surface area (Å²) >= 11 is 0. The van der Waals surface area contributed by atoms with E-state index in [0.29, 0.717) is 12.4 Å². The summed E-state index contributed by atoms with van der Waals surface area (Å²) in [6, 6.07) is 6.35. The molecule has 0 fully saturated rings. The van der Waals surface area contributed by atoms with Gasteiger partial charge in [-0.1, -0.05) is 73.4 Å². The largest absolute Gasteiger partial charge is 0.439 e. The van der Waals surface area contributed by atoms with E-state index in [9.17, 15) is 5.11 Å². The summed E-state index contributed by atoms with van der Waals surface area (Å²) in [6.45, 7) is 17.6. The van der Waals surface area contributed by atoms with E-state index in [1.807, 2.05) is 6.07 Å². The van der Waals surface area contributed by atoms with Gasteiger partial charge in [-0.3, -0.25) is 0 Å². The normalized spacial score (nSPS) is 15.0. The second kappa shape index (κ2) is 9.23. The van der Waals surface area contributed by atoms with Gasteiger partial charge in [-0.05, 0) is 41.7 Å². The molecule has 150 valence electrons. The van der Waals surface area contributed by atoms with Crippen molar-refractivity contribution in [1.29, 1.82) is 0 Å². The van der Waals surface area contributed by atoms with Crippen LogP contribution in [0.15, 0.2) is 18.2 Å². The van der Waals surface area contributed by atoms with E-state index in [2.05, 4.69) is 60.6 Å². The second-order valence-electron chi connectivity index (χ2n) is 8.74. The van der Waals surface area contributed by atoms with Gasteiger partial charge in [-0.25, -0.2) is 0 Å². The lowest BCUT2D eigenvalue weighted by Gasteiger charge is -2.33. The zero-order valence-electron chi connectivity index (χ0n) is 18.2. The molecule has 0 aliphatic carbocycles. The average molecular weight is 365 g/mol. The first-order chi connectivity index (χ1) is 12.0. The van der Waals surface area contributed by atoms with Gasteiger partial charge in [-0.2, -0.15) is 0 Å². The molecule has 3 heteroatoms. The summed E-state index contributed by atoms with van der Waals surface area (Å²) in [5.74, 6) is -0.915. The van der Waals surface area contributed by atoms with E-state index < -0.39 is 5.97 Å². The molecule has 0 aromatic heterocycles. The first-order valence-electron chi connectivity index (χ1n) is 10.2. The summed E-state index contributed by atoms with van der Waals surface area (Å²) in [6.07, 6.45) is 5.18. The van der Waals surface area contributed by atoms with Crippen LogP contribution in [0.4, 0.5) is 0 Å². The van der Waals surface area contributed by atoms with Crippen molar-refractivity contribution in [1.82, 2.24) is 0 Å². The number of hydrogen-bond acceptors (Lipinski definition) is 3. The van der Waals surface area contributed by atoms with Crippen LogP contribution in [0.25, 0.3) is 0 Å². The number of hydrogen-bond donors (Lipinski definition) is 1. The van der Waals surface area contributed by atoms with Crippen LogP contribution in [0.3, 0.4) is 0 Å². The highest BCUT2D eigenvalue weighted by Crippen LogP contribution is 2.39. The highest BCUT2D eigenvalue weighted by Gasteiger charge is 2.30. The minimum absolute atomic E-state index is 0.0482. The lowest BCUT2D eigenvalue weighted by molar-refractivity contribution is -0.307. The second-order valence-corrected chi connectivity index (χ2v) is 8.74. The van der Waals surface area contributed by atoms with Gasteiger partial charge in [0.1, 0.15) is 5.75 Å². The molecule has 0 saturated carbocycles. The predicted octanol–water partition coefficient (Wildman–Crippen LogP) is 6.31. The highest BCUT2D eigenvalue weighted by molar-refractivity contribution is 5.44. The van der Waals surface area contributed by atoms with E-state index >= 15 is 0 Å². The number of rotatable bonds is 11. The molecule has 0 bridgehead atoms. The molecule has 1 unspecified atom stereocenters. The summed E-state index contributed by atoms with van der Waals surface area (Å²) < 4.78 is 11.5. The van der Waals surface area contributed by atoms with Gasteiger partial charge in [0.25, 0.3) is 0 Å².